The predicted octanol–water partition coefficient (Wildman–Crippen LogP) is 2.20. The molecule has 1 rings (SSSR count). The molecule has 3 nitrogen and oxygen atoms in total. The molecule has 0 aliphatic carbocycles. The van der Waals surface area contributed by atoms with E-state index in [2.05, 4.69) is 0 Å². The van der Waals surface area contributed by atoms with Gasteiger partial charge in [-0.15, -0.1) is 12.4 Å². The standard InChI is InChI=1S/C11H15NO2.ClH/c1-7-3-4-8(2)9(5-7)10(12)6-11(13)14;/h3-5,10H,6,12H2,1-2H3,(H,13,14);1H/t10-;/m0./s1. The van der Waals surface area contributed by atoms with E-state index in [9.17, 15) is 4.79 Å². The highest BCUT2D eigenvalue weighted by Crippen LogP contribution is 2.19. The number of carboxylic acid groups (broad SMARTS) is 1. The fourth-order valence-corrected chi connectivity index (χ4v) is 1.46. The van der Waals surface area contributed by atoms with E-state index in [0.29, 0.717) is 0 Å². The number of hydrogen-bond donors (Lipinski definition) is 2. The van der Waals surface area contributed by atoms with E-state index in [1.807, 2.05) is 32.0 Å². The molecule has 1 atom stereocenters. The van der Waals surface area contributed by atoms with Crippen molar-refractivity contribution >= 4 is 18.4 Å². The molecule has 0 aliphatic heterocycles. The van der Waals surface area contributed by atoms with Gasteiger partial charge in [0.2, 0.25) is 0 Å². The van der Waals surface area contributed by atoms with E-state index in [0.717, 1.165) is 16.7 Å². The number of carbonyl (C=O) groups is 1. The third kappa shape index (κ3) is 3.90. The molecule has 0 amide bonds. The van der Waals surface area contributed by atoms with Crippen molar-refractivity contribution in [1.29, 1.82) is 0 Å². The largest absolute Gasteiger partial charge is 0.481 e. The van der Waals surface area contributed by atoms with Gasteiger partial charge < -0.3 is 10.8 Å². The monoisotopic (exact) mass is 229 g/mol. The molecule has 0 spiro atoms. The van der Waals surface area contributed by atoms with Crippen LogP contribution in [0.2, 0.25) is 0 Å². The van der Waals surface area contributed by atoms with Crippen LogP contribution in [-0.4, -0.2) is 11.1 Å². The smallest absolute Gasteiger partial charge is 0.305 e. The van der Waals surface area contributed by atoms with Gasteiger partial charge in [0.25, 0.3) is 0 Å². The fraction of sp³-hybridized carbons (Fsp3) is 0.364. The van der Waals surface area contributed by atoms with Crippen molar-refractivity contribution in [2.24, 2.45) is 5.73 Å². The zero-order chi connectivity index (χ0) is 10.7. The first-order valence-corrected chi connectivity index (χ1v) is 4.55. The summed E-state index contributed by atoms with van der Waals surface area (Å²) in [5, 5.41) is 8.63. The van der Waals surface area contributed by atoms with Crippen LogP contribution in [-0.2, 0) is 4.79 Å². The second-order valence-electron chi connectivity index (χ2n) is 3.56. The lowest BCUT2D eigenvalue weighted by molar-refractivity contribution is -0.137. The summed E-state index contributed by atoms with van der Waals surface area (Å²) in [5.74, 6) is -0.863. The number of hydrogen-bond acceptors (Lipinski definition) is 2. The van der Waals surface area contributed by atoms with E-state index in [1.165, 1.54) is 0 Å². The number of aryl methyl sites for hydroxylation is 2. The molecule has 0 bridgehead atoms. The SMILES string of the molecule is Cc1ccc(C)c([C@@H](N)CC(=O)O)c1.Cl. The summed E-state index contributed by atoms with van der Waals surface area (Å²) in [5.41, 5.74) is 8.86. The van der Waals surface area contributed by atoms with Crippen LogP contribution < -0.4 is 5.73 Å². The first-order valence-electron chi connectivity index (χ1n) is 4.55. The molecule has 15 heavy (non-hydrogen) atoms. The quantitative estimate of drug-likeness (QED) is 0.835. The molecule has 0 saturated heterocycles. The van der Waals surface area contributed by atoms with E-state index < -0.39 is 12.0 Å². The Morgan fingerprint density at radius 1 is 1.47 bits per heavy atom. The molecule has 1 aromatic rings. The number of aliphatic carboxylic acids is 1. The molecule has 0 unspecified atom stereocenters. The van der Waals surface area contributed by atoms with Crippen LogP contribution in [0.3, 0.4) is 0 Å². The van der Waals surface area contributed by atoms with Crippen LogP contribution in [0, 0.1) is 13.8 Å². The Hall–Kier alpha value is -1.06. The van der Waals surface area contributed by atoms with Gasteiger partial charge in [0, 0.05) is 6.04 Å². The van der Waals surface area contributed by atoms with E-state index >= 15 is 0 Å². The maximum atomic E-state index is 10.5. The molecule has 1 aromatic carbocycles. The minimum atomic E-state index is -0.863. The Labute approximate surface area is 95.7 Å². The van der Waals surface area contributed by atoms with Gasteiger partial charge in [-0.05, 0) is 25.0 Å². The minimum absolute atomic E-state index is 0. The molecule has 0 aliphatic rings. The van der Waals surface area contributed by atoms with Crippen LogP contribution in [0.5, 0.6) is 0 Å². The summed E-state index contributed by atoms with van der Waals surface area (Å²) in [7, 11) is 0. The van der Waals surface area contributed by atoms with Crippen molar-refractivity contribution in [3.8, 4) is 0 Å². The molecule has 0 aromatic heterocycles. The normalized spacial score (nSPS) is 11.7. The summed E-state index contributed by atoms with van der Waals surface area (Å²) >= 11 is 0. The first-order chi connectivity index (χ1) is 6.50. The molecule has 4 heteroatoms. The van der Waals surface area contributed by atoms with Crippen LogP contribution in [0.4, 0.5) is 0 Å². The maximum Gasteiger partial charge on any atom is 0.305 e. The first kappa shape index (κ1) is 13.9. The van der Waals surface area contributed by atoms with E-state index in [-0.39, 0.29) is 18.8 Å². The number of halogens is 1. The van der Waals surface area contributed by atoms with Crippen molar-refractivity contribution in [2.45, 2.75) is 26.3 Å². The third-order valence-electron chi connectivity index (χ3n) is 2.23. The number of rotatable bonds is 3. The summed E-state index contributed by atoms with van der Waals surface area (Å²) < 4.78 is 0. The zero-order valence-corrected chi connectivity index (χ0v) is 9.67. The van der Waals surface area contributed by atoms with Gasteiger partial charge in [0.05, 0.1) is 6.42 Å². The molecule has 0 saturated carbocycles. The number of nitrogens with two attached hydrogens (primary N) is 1. The van der Waals surface area contributed by atoms with Gasteiger partial charge >= 0.3 is 5.97 Å². The topological polar surface area (TPSA) is 63.3 Å². The van der Waals surface area contributed by atoms with Crippen LogP contribution in [0.1, 0.15) is 29.2 Å². The van der Waals surface area contributed by atoms with E-state index in [1.54, 1.807) is 0 Å². The van der Waals surface area contributed by atoms with E-state index in [4.69, 9.17) is 10.8 Å². The molecule has 0 radical (unpaired) electrons. The Morgan fingerprint density at radius 2 is 2.07 bits per heavy atom. The Balaban J connectivity index is 0.00000196. The predicted molar refractivity (Wildman–Crippen MR) is 62.3 cm³/mol. The molecule has 3 N–H and O–H groups in total. The lowest BCUT2D eigenvalue weighted by atomic mass is 9.97. The third-order valence-corrected chi connectivity index (χ3v) is 2.23. The lowest BCUT2D eigenvalue weighted by Crippen LogP contribution is -2.16. The lowest BCUT2D eigenvalue weighted by Gasteiger charge is -2.13. The van der Waals surface area contributed by atoms with Gasteiger partial charge in [0.1, 0.15) is 0 Å². The highest BCUT2D eigenvalue weighted by Gasteiger charge is 2.12. The van der Waals surface area contributed by atoms with Crippen molar-refractivity contribution in [2.75, 3.05) is 0 Å². The van der Waals surface area contributed by atoms with Crippen LogP contribution in [0.25, 0.3) is 0 Å². The maximum absolute atomic E-state index is 10.5. The summed E-state index contributed by atoms with van der Waals surface area (Å²) in [6.45, 7) is 3.91. The Morgan fingerprint density at radius 3 is 2.60 bits per heavy atom. The summed E-state index contributed by atoms with van der Waals surface area (Å²) in [4.78, 5) is 10.5. The van der Waals surface area contributed by atoms with Crippen LogP contribution >= 0.6 is 12.4 Å². The van der Waals surface area contributed by atoms with Crippen molar-refractivity contribution in [3.05, 3.63) is 34.9 Å². The van der Waals surface area contributed by atoms with Gasteiger partial charge in [-0.1, -0.05) is 23.8 Å². The summed E-state index contributed by atoms with van der Waals surface area (Å²) in [6, 6.07) is 5.49. The van der Waals surface area contributed by atoms with Gasteiger partial charge in [-0.25, -0.2) is 0 Å². The average Bonchev–Trinajstić information content (AvgIpc) is 2.08. The molecule has 0 fully saturated rings. The molecular formula is C11H16ClNO2. The van der Waals surface area contributed by atoms with Gasteiger partial charge in [0.15, 0.2) is 0 Å². The second-order valence-corrected chi connectivity index (χ2v) is 3.56. The zero-order valence-electron chi connectivity index (χ0n) is 8.86. The van der Waals surface area contributed by atoms with Crippen molar-refractivity contribution in [3.63, 3.8) is 0 Å². The number of carboxylic acids is 1. The van der Waals surface area contributed by atoms with Crippen molar-refractivity contribution < 1.29 is 9.90 Å². The van der Waals surface area contributed by atoms with Crippen LogP contribution in [0.15, 0.2) is 18.2 Å². The summed E-state index contributed by atoms with van der Waals surface area (Å²) in [6.07, 6.45) is -0.0235. The highest BCUT2D eigenvalue weighted by atomic mass is 35.5. The van der Waals surface area contributed by atoms with Crippen molar-refractivity contribution in [1.82, 2.24) is 0 Å². The second kappa shape index (κ2) is 5.73. The fourth-order valence-electron chi connectivity index (χ4n) is 1.46. The molecule has 84 valence electrons. The minimum Gasteiger partial charge on any atom is -0.481 e. The van der Waals surface area contributed by atoms with Gasteiger partial charge in [-0.2, -0.15) is 0 Å². The molecule has 0 heterocycles. The Kier molecular flexibility index (Phi) is 5.33. The number of benzene rings is 1. The molecular weight excluding hydrogens is 214 g/mol. The van der Waals surface area contributed by atoms with Gasteiger partial charge in [-0.3, -0.25) is 4.79 Å². The highest BCUT2D eigenvalue weighted by molar-refractivity contribution is 5.85. The Bertz CT molecular complexity index is 352. The average molecular weight is 230 g/mol.